The lowest BCUT2D eigenvalue weighted by Crippen LogP contribution is -2.56. The van der Waals surface area contributed by atoms with Crippen LogP contribution in [0.4, 0.5) is 0 Å². The number of aliphatic hydroxyl groups excluding tert-OH is 2. The largest absolute Gasteiger partial charge is 0.396 e. The lowest BCUT2D eigenvalue weighted by atomic mass is 9.72. The van der Waals surface area contributed by atoms with Crippen molar-refractivity contribution in [1.29, 1.82) is 0 Å². The van der Waals surface area contributed by atoms with Gasteiger partial charge in [0.25, 0.3) is 10.1 Å². The van der Waals surface area contributed by atoms with Crippen LogP contribution in [0.3, 0.4) is 0 Å². The van der Waals surface area contributed by atoms with Crippen molar-refractivity contribution in [3.05, 3.63) is 34.9 Å². The van der Waals surface area contributed by atoms with E-state index >= 15 is 0 Å². The topological polar surface area (TPSA) is 136 Å². The van der Waals surface area contributed by atoms with Crippen molar-refractivity contribution in [2.45, 2.75) is 82.9 Å². The van der Waals surface area contributed by atoms with E-state index in [-0.39, 0.29) is 36.6 Å². The molecule has 0 bridgehead atoms. The Bertz CT molecular complexity index is 904. The van der Waals surface area contributed by atoms with E-state index in [0.29, 0.717) is 29.4 Å². The van der Waals surface area contributed by atoms with Gasteiger partial charge in [0.1, 0.15) is 0 Å². The van der Waals surface area contributed by atoms with E-state index in [0.717, 1.165) is 38.5 Å². The number of rotatable bonds is 12. The first-order valence-corrected chi connectivity index (χ1v) is 14.5. The van der Waals surface area contributed by atoms with Crippen molar-refractivity contribution in [3.63, 3.8) is 0 Å². The van der Waals surface area contributed by atoms with E-state index in [1.165, 1.54) is 0 Å². The molecule has 2 fully saturated rings. The van der Waals surface area contributed by atoms with Crippen LogP contribution in [0.15, 0.2) is 34.9 Å². The Morgan fingerprint density at radius 2 is 1.94 bits per heavy atom. The second-order valence-electron chi connectivity index (χ2n) is 9.87. The lowest BCUT2D eigenvalue weighted by Gasteiger charge is -2.45. The molecule has 1 aliphatic heterocycles. The Morgan fingerprint density at radius 1 is 1.26 bits per heavy atom. The monoisotopic (exact) mass is 532 g/mol. The molecule has 8 nitrogen and oxygen atoms in total. The molecule has 5 N–H and O–H groups in total. The number of amides is 1. The van der Waals surface area contributed by atoms with Crippen LogP contribution >= 0.6 is 11.6 Å². The summed E-state index contributed by atoms with van der Waals surface area (Å²) in [6.45, 7) is 3.72. The van der Waals surface area contributed by atoms with Gasteiger partial charge in [-0.1, -0.05) is 49.6 Å². The number of aliphatic hydroxyl groups is 2. The quantitative estimate of drug-likeness (QED) is 0.148. The molecule has 0 aromatic rings. The van der Waals surface area contributed by atoms with Crippen LogP contribution in [0.5, 0.6) is 0 Å². The Morgan fingerprint density at radius 3 is 2.60 bits per heavy atom. The fourth-order valence-corrected chi connectivity index (χ4v) is 6.02. The standard InChI is InChI=1S/C25H41ClN2O6S/c1-18(8-10-22(30)17-20(26)11-15-29)23-6-4-13-25(23)12-3-5-21(28-25)9-7-19(2)24(31)27-14-16-35(32,33)34/h7-8,10,17-18,21-23,28-30H,3-6,9,11-16H2,1-2H3,(H,27,31)(H,32,33,34). The fraction of sp³-hybridized carbons (Fsp3) is 0.720. The number of nitrogens with one attached hydrogen (secondary N) is 2. The molecule has 1 saturated carbocycles. The molecule has 1 amide bonds. The molecule has 2 aliphatic rings. The third-order valence-corrected chi connectivity index (χ3v) is 8.21. The van der Waals surface area contributed by atoms with Crippen molar-refractivity contribution >= 4 is 27.6 Å². The first-order chi connectivity index (χ1) is 16.5. The number of hydrogen-bond acceptors (Lipinski definition) is 6. The average molecular weight is 533 g/mol. The normalized spacial score (nSPS) is 27.9. The van der Waals surface area contributed by atoms with Gasteiger partial charge in [-0.05, 0) is 56.9 Å². The minimum absolute atomic E-state index is 0.0431. The first kappa shape index (κ1) is 30.0. The highest BCUT2D eigenvalue weighted by Crippen LogP contribution is 2.46. The summed E-state index contributed by atoms with van der Waals surface area (Å²) in [6, 6.07) is 0.256. The fourth-order valence-electron chi connectivity index (χ4n) is 5.45. The molecule has 0 aromatic carbocycles. The third kappa shape index (κ3) is 9.98. The number of halogens is 1. The van der Waals surface area contributed by atoms with Gasteiger partial charge in [-0.2, -0.15) is 8.42 Å². The molecule has 1 spiro atoms. The van der Waals surface area contributed by atoms with E-state index < -0.39 is 22.0 Å². The number of piperidine rings is 1. The van der Waals surface area contributed by atoms with Gasteiger partial charge in [0, 0.05) is 41.8 Å². The molecular formula is C25H41ClN2O6S. The summed E-state index contributed by atoms with van der Waals surface area (Å²) >= 11 is 6.00. The van der Waals surface area contributed by atoms with Crippen LogP contribution in [0, 0.1) is 11.8 Å². The van der Waals surface area contributed by atoms with Crippen molar-refractivity contribution in [1.82, 2.24) is 10.6 Å². The molecule has 5 unspecified atom stereocenters. The summed E-state index contributed by atoms with van der Waals surface area (Å²) < 4.78 is 30.4. The highest BCUT2D eigenvalue weighted by Gasteiger charge is 2.46. The molecule has 0 radical (unpaired) electrons. The summed E-state index contributed by atoms with van der Waals surface area (Å²) in [6.07, 6.45) is 14.2. The van der Waals surface area contributed by atoms with E-state index in [1.54, 1.807) is 19.1 Å². The molecule has 0 aromatic heterocycles. The smallest absolute Gasteiger partial charge is 0.266 e. The van der Waals surface area contributed by atoms with Gasteiger partial charge in [0.15, 0.2) is 0 Å². The highest BCUT2D eigenvalue weighted by atomic mass is 35.5. The number of allylic oxidation sites excluding steroid dienone is 1. The summed E-state index contributed by atoms with van der Waals surface area (Å²) in [7, 11) is -4.10. The van der Waals surface area contributed by atoms with Gasteiger partial charge in [-0.3, -0.25) is 9.35 Å². The van der Waals surface area contributed by atoms with Crippen LogP contribution in [0.25, 0.3) is 0 Å². The maximum Gasteiger partial charge on any atom is 0.266 e. The maximum absolute atomic E-state index is 12.2. The van der Waals surface area contributed by atoms with Gasteiger partial charge in [-0.15, -0.1) is 0 Å². The zero-order valence-corrected chi connectivity index (χ0v) is 22.3. The Balaban J connectivity index is 1.95. The predicted molar refractivity (Wildman–Crippen MR) is 139 cm³/mol. The van der Waals surface area contributed by atoms with Gasteiger partial charge in [0.05, 0.1) is 11.9 Å². The average Bonchev–Trinajstić information content (AvgIpc) is 3.17. The number of hydrogen-bond donors (Lipinski definition) is 5. The van der Waals surface area contributed by atoms with Gasteiger partial charge < -0.3 is 20.8 Å². The first-order valence-electron chi connectivity index (χ1n) is 12.5. The minimum atomic E-state index is -4.10. The highest BCUT2D eigenvalue weighted by molar-refractivity contribution is 7.85. The van der Waals surface area contributed by atoms with Crippen molar-refractivity contribution < 1.29 is 28.0 Å². The Labute approximate surface area is 214 Å². The Kier molecular flexibility index (Phi) is 11.9. The summed E-state index contributed by atoms with van der Waals surface area (Å²) in [5.74, 6) is -0.118. The zero-order valence-electron chi connectivity index (χ0n) is 20.7. The zero-order chi connectivity index (χ0) is 26.1. The predicted octanol–water partition coefficient (Wildman–Crippen LogP) is 3.07. The lowest BCUT2D eigenvalue weighted by molar-refractivity contribution is -0.117. The van der Waals surface area contributed by atoms with Gasteiger partial charge in [-0.25, -0.2) is 0 Å². The van der Waals surface area contributed by atoms with Crippen LogP contribution in [0.2, 0.25) is 0 Å². The summed E-state index contributed by atoms with van der Waals surface area (Å²) in [5, 5.41) is 26.0. The molecule has 35 heavy (non-hydrogen) atoms. The number of carbonyl (C=O) groups is 1. The summed E-state index contributed by atoms with van der Waals surface area (Å²) in [4.78, 5) is 12.2. The molecule has 1 heterocycles. The molecule has 1 saturated heterocycles. The van der Waals surface area contributed by atoms with E-state index in [1.807, 2.05) is 6.08 Å². The van der Waals surface area contributed by atoms with Gasteiger partial charge in [0.2, 0.25) is 5.91 Å². The molecule has 2 rings (SSSR count). The minimum Gasteiger partial charge on any atom is -0.396 e. The second kappa shape index (κ2) is 13.9. The van der Waals surface area contributed by atoms with Gasteiger partial charge >= 0.3 is 0 Å². The second-order valence-corrected chi connectivity index (χ2v) is 11.9. The molecule has 5 atom stereocenters. The molecule has 10 heteroatoms. The number of carbonyl (C=O) groups excluding carboxylic acids is 1. The molecule has 200 valence electrons. The van der Waals surface area contributed by atoms with Crippen molar-refractivity contribution in [2.75, 3.05) is 18.9 Å². The van der Waals surface area contributed by atoms with E-state index in [4.69, 9.17) is 21.3 Å². The maximum atomic E-state index is 12.2. The van der Waals surface area contributed by atoms with E-state index in [2.05, 4.69) is 23.6 Å². The van der Waals surface area contributed by atoms with Crippen LogP contribution < -0.4 is 10.6 Å². The van der Waals surface area contributed by atoms with Crippen LogP contribution in [-0.4, -0.2) is 65.7 Å². The van der Waals surface area contributed by atoms with E-state index in [9.17, 15) is 18.3 Å². The summed E-state index contributed by atoms with van der Waals surface area (Å²) in [5.41, 5.74) is 0.574. The van der Waals surface area contributed by atoms with Crippen molar-refractivity contribution in [3.8, 4) is 0 Å². The Hall–Kier alpha value is -1.23. The van der Waals surface area contributed by atoms with Crippen LogP contribution in [-0.2, 0) is 14.9 Å². The van der Waals surface area contributed by atoms with Crippen LogP contribution in [0.1, 0.15) is 65.2 Å². The molecule has 1 aliphatic carbocycles. The van der Waals surface area contributed by atoms with Crippen molar-refractivity contribution in [2.24, 2.45) is 11.8 Å². The third-order valence-electron chi connectivity index (χ3n) is 7.18. The SMILES string of the molecule is CC(=CCC1CCCC2(CCCC2C(C)C=CC(O)C=C(Cl)CCO)N1)C(=O)NCCS(=O)(=O)O. The molecular weight excluding hydrogens is 492 g/mol.